The van der Waals surface area contributed by atoms with Crippen molar-refractivity contribution in [3.8, 4) is 34.3 Å². The standard InChI is InChI=1S/C45H54N7O20P3S4/c1-2-79(76)26-67-37-22-39(70-38(37)24-68-74(62,63)72-75(64,65)71-73(59,60)61)52-23-28(42(54)51-45(52)58)7-6-15-50-44(57)49-14-4-3-5-17-66-25-78-77-18-16-48-41(53)27-8-11-31(43(55)56)34(19-27)40-32-12-9-29(46)20-35(32)69-36-21-30(47)10-13-33(36)40/h8-13,19-21,23,37-39,46H,2-5,14-18,22,24-26,47H2,1H3,(H,48,53)(H,55,56)(H,62,63)(H,64,65)(H2,49,50,57)(H,51,54,58)(H2,59,60,61)/p+1/t37?,38-,39-,79?/m1/s1. The molecule has 6 atom stereocenters. The summed E-state index contributed by atoms with van der Waals surface area (Å²) in [4.78, 5) is 103. The Morgan fingerprint density at radius 1 is 0.962 bits per heavy atom. The molecule has 1 aromatic heterocycles. The number of H-pyrrole nitrogens is 1. The third-order valence-corrected chi connectivity index (χ3v) is 19.0. The molecule has 0 bridgehead atoms. The van der Waals surface area contributed by atoms with E-state index in [2.05, 4.69) is 41.4 Å². The monoisotopic (exact) mass is 1230 g/mol. The quantitative estimate of drug-likeness (QED) is 0.00652. The van der Waals surface area contributed by atoms with E-state index in [1.807, 2.05) is 6.92 Å². The fraction of sp³-hybridized carbons (Fsp3) is 0.378. The number of aromatic carboxylic acids is 1. The summed E-state index contributed by atoms with van der Waals surface area (Å²) in [5, 5.41) is 25.4. The second kappa shape index (κ2) is 29.1. The topological polar surface area (TPSA) is 415 Å². The van der Waals surface area contributed by atoms with Crippen molar-refractivity contribution in [2.24, 2.45) is 0 Å². The Morgan fingerprint density at radius 2 is 1.75 bits per heavy atom. The maximum Gasteiger partial charge on any atom is 0.490 e. The summed E-state index contributed by atoms with van der Waals surface area (Å²) >= 11 is 5.31. The summed E-state index contributed by atoms with van der Waals surface area (Å²) in [6, 6.07) is 14.1. The van der Waals surface area contributed by atoms with Crippen molar-refractivity contribution >= 4 is 100 Å². The number of carbonyl (C=O) groups is 3. The molecule has 428 valence electrons. The van der Waals surface area contributed by atoms with E-state index in [9.17, 15) is 52.6 Å². The number of urea groups is 1. The molecule has 0 saturated carbocycles. The highest BCUT2D eigenvalue weighted by Gasteiger charge is 2.44. The number of nitrogens with one attached hydrogen (secondary N) is 4. The largest absolute Gasteiger partial charge is 0.490 e. The van der Waals surface area contributed by atoms with Crippen LogP contribution in [0.5, 0.6) is 0 Å². The number of nitrogens with zero attached hydrogens (tertiary/aromatic N) is 1. The van der Waals surface area contributed by atoms with Crippen molar-refractivity contribution in [2.45, 2.75) is 51.0 Å². The van der Waals surface area contributed by atoms with Crippen LogP contribution >= 0.6 is 45.1 Å². The third kappa shape index (κ3) is 19.3. The minimum atomic E-state index is -5.80. The number of carboxylic acids is 1. The zero-order valence-corrected chi connectivity index (χ0v) is 47.6. The highest BCUT2D eigenvalue weighted by molar-refractivity contribution is 8.76. The van der Waals surface area contributed by atoms with Crippen LogP contribution in [0.1, 0.15) is 65.1 Å². The number of hydrogen-bond acceptors (Lipinski definition) is 19. The highest BCUT2D eigenvalue weighted by atomic mass is 33.1. The summed E-state index contributed by atoms with van der Waals surface area (Å²) in [6.45, 7) is 1.94. The SMILES string of the molecule is CCS(=S)COC1C[C@H](n2cc(C#CCNC(=O)NCCCCCOCSSCCNC(=O)c3ccc(C(=O)O)c(-c4c5ccc(=[NH2+])cc-5oc5cc(N)ccc45)c3)c(=O)[nH]c2=O)O[C@@H]1COP(=O)(O)OP(=O)(O)OP(=O)(O)O. The lowest BCUT2D eigenvalue weighted by molar-refractivity contribution is -0.172. The first kappa shape index (κ1) is 63.1. The predicted octanol–water partition coefficient (Wildman–Crippen LogP) is 2.67. The molecule has 2 aliphatic heterocycles. The van der Waals surface area contributed by atoms with Crippen LogP contribution in [0.15, 0.2) is 74.8 Å². The molecule has 4 unspecified atom stereocenters. The summed E-state index contributed by atoms with van der Waals surface area (Å²) < 4.78 is 71.8. The number of ether oxygens (including phenoxy) is 3. The van der Waals surface area contributed by atoms with Crippen LogP contribution in [0.25, 0.3) is 33.4 Å². The number of unbranched alkanes of at least 4 members (excludes halogenated alkanes) is 2. The zero-order chi connectivity index (χ0) is 57.5. The molecule has 2 aromatic carbocycles. The molecule has 34 heteroatoms. The lowest BCUT2D eigenvalue weighted by Gasteiger charge is -2.21. The van der Waals surface area contributed by atoms with E-state index in [-0.39, 0.29) is 41.5 Å². The lowest BCUT2D eigenvalue weighted by atomic mass is 9.89. The number of nitrogen functional groups attached to an aromatic ring is 1. The molecule has 13 N–H and O–H groups in total. The van der Waals surface area contributed by atoms with Crippen molar-refractivity contribution in [3.05, 3.63) is 104 Å². The molecule has 1 fully saturated rings. The van der Waals surface area contributed by atoms with Crippen molar-refractivity contribution in [2.75, 3.05) is 62.0 Å². The molecular weight excluding hydrogens is 1180 g/mol. The van der Waals surface area contributed by atoms with Gasteiger partial charge in [-0.1, -0.05) is 49.8 Å². The molecule has 3 aromatic rings. The average molecular weight is 1240 g/mol. The van der Waals surface area contributed by atoms with Crippen LogP contribution in [0, 0.1) is 11.8 Å². The summed E-state index contributed by atoms with van der Waals surface area (Å²) in [7, 11) is -14.6. The van der Waals surface area contributed by atoms with Gasteiger partial charge in [0.2, 0.25) is 0 Å². The normalized spacial score (nSPS) is 17.3. The van der Waals surface area contributed by atoms with Gasteiger partial charge in [0, 0.05) is 78.0 Å². The van der Waals surface area contributed by atoms with Crippen LogP contribution in [-0.2, 0) is 61.7 Å². The van der Waals surface area contributed by atoms with Crippen molar-refractivity contribution in [1.82, 2.24) is 25.5 Å². The number of amides is 3. The first-order chi connectivity index (χ1) is 37.4. The van der Waals surface area contributed by atoms with Crippen LogP contribution in [0.3, 0.4) is 0 Å². The van der Waals surface area contributed by atoms with E-state index in [0.29, 0.717) is 88.0 Å². The van der Waals surface area contributed by atoms with Gasteiger partial charge in [0.15, 0.2) is 5.36 Å². The Labute approximate surface area is 464 Å². The number of benzene rings is 3. The van der Waals surface area contributed by atoms with Gasteiger partial charge in [-0.25, -0.2) is 28.1 Å². The number of phosphoric acid groups is 3. The van der Waals surface area contributed by atoms with Crippen LogP contribution < -0.4 is 43.7 Å². The smallest absolute Gasteiger partial charge is 0.478 e. The van der Waals surface area contributed by atoms with Gasteiger partial charge in [-0.3, -0.25) is 29.1 Å². The number of aromatic nitrogens is 2. The second-order valence-corrected chi connectivity index (χ2v) is 26.8. The van der Waals surface area contributed by atoms with Gasteiger partial charge in [0.25, 0.3) is 11.5 Å². The molecule has 79 heavy (non-hydrogen) atoms. The number of hydrogen-bond donors (Lipinski definition) is 11. The van der Waals surface area contributed by atoms with E-state index in [4.69, 9.17) is 55.3 Å². The highest BCUT2D eigenvalue weighted by Crippen LogP contribution is 2.66. The van der Waals surface area contributed by atoms with Crippen LogP contribution in [0.4, 0.5) is 10.5 Å². The fourth-order valence-electron chi connectivity index (χ4n) is 7.52. The Balaban J connectivity index is 0.871. The molecule has 6 rings (SSSR count). The summed E-state index contributed by atoms with van der Waals surface area (Å²) in [5.74, 6) is 5.65. The lowest BCUT2D eigenvalue weighted by Crippen LogP contribution is -2.44. The van der Waals surface area contributed by atoms with E-state index in [1.54, 1.807) is 42.5 Å². The number of carbonyl (C=O) groups excluding carboxylic acids is 2. The van der Waals surface area contributed by atoms with E-state index in [0.717, 1.165) is 23.6 Å². The number of carboxylic acid groups (broad SMARTS) is 1. The van der Waals surface area contributed by atoms with Gasteiger partial charge in [0.1, 0.15) is 35.2 Å². The van der Waals surface area contributed by atoms with E-state index < -0.39 is 81.2 Å². The molecule has 0 spiro atoms. The first-order valence-corrected chi connectivity index (χ1v) is 33.0. The maximum atomic E-state index is 13.3. The number of anilines is 1. The van der Waals surface area contributed by atoms with Crippen molar-refractivity contribution in [3.63, 3.8) is 0 Å². The zero-order valence-electron chi connectivity index (χ0n) is 41.6. The van der Waals surface area contributed by atoms with Crippen LogP contribution in [0.2, 0.25) is 0 Å². The minimum absolute atomic E-state index is 0.000708. The second-order valence-electron chi connectivity index (χ2n) is 16.8. The van der Waals surface area contributed by atoms with Crippen LogP contribution in [-0.4, -0.2) is 121 Å². The van der Waals surface area contributed by atoms with E-state index in [1.165, 1.54) is 33.7 Å². The average Bonchev–Trinajstić information content (AvgIpc) is 3.89. The number of aromatic amines is 1. The summed E-state index contributed by atoms with van der Waals surface area (Å²) in [5.41, 5.74) is 6.71. The van der Waals surface area contributed by atoms with Gasteiger partial charge in [-0.15, -0.1) is 0 Å². The van der Waals surface area contributed by atoms with Gasteiger partial charge in [-0.2, -0.15) is 8.62 Å². The van der Waals surface area contributed by atoms with Gasteiger partial charge < -0.3 is 65.0 Å². The first-order valence-electron chi connectivity index (χ1n) is 23.5. The molecular formula is C45H55N7O20P3S4+. The minimum Gasteiger partial charge on any atom is -0.478 e. The molecule has 3 aliphatic rings. The molecule has 27 nitrogen and oxygen atoms in total. The Kier molecular flexibility index (Phi) is 23.2. The predicted molar refractivity (Wildman–Crippen MR) is 295 cm³/mol. The van der Waals surface area contributed by atoms with E-state index >= 15 is 0 Å². The van der Waals surface area contributed by atoms with Crippen molar-refractivity contribution in [1.29, 1.82) is 0 Å². The Morgan fingerprint density at radius 3 is 2.49 bits per heavy atom. The number of phosphoric ester groups is 1. The Bertz CT molecular complexity index is 3420. The number of rotatable bonds is 28. The fourth-order valence-corrected chi connectivity index (χ4v) is 12.8. The van der Waals surface area contributed by atoms with Gasteiger partial charge in [-0.05, 0) is 78.2 Å². The van der Waals surface area contributed by atoms with Crippen molar-refractivity contribution < 1.29 is 89.9 Å². The molecule has 0 radical (unpaired) electrons. The van der Waals surface area contributed by atoms with Gasteiger partial charge in [0.05, 0.1) is 36.8 Å². The molecule has 3 heterocycles. The molecule has 1 saturated heterocycles. The number of fused-ring (bicyclic) bond motifs is 2. The third-order valence-electron chi connectivity index (χ3n) is 11.1. The summed E-state index contributed by atoms with van der Waals surface area (Å²) in [6.07, 6.45) is -0.266. The number of nitrogens with two attached hydrogens (primary N) is 2. The molecule has 3 amide bonds. The molecule has 1 aliphatic carbocycles. The van der Waals surface area contributed by atoms with Gasteiger partial charge >= 0.3 is 41.2 Å². The maximum absolute atomic E-state index is 13.3. The Hall–Kier alpha value is -5.06.